The van der Waals surface area contributed by atoms with E-state index in [-0.39, 0.29) is 23.2 Å². The van der Waals surface area contributed by atoms with Gasteiger partial charge in [0.1, 0.15) is 10.5 Å². The number of anilines is 1. The first-order valence-electron chi connectivity index (χ1n) is 13.2. The molecule has 206 valence electrons. The number of benzene rings is 1. The highest BCUT2D eigenvalue weighted by Crippen LogP contribution is 2.36. The lowest BCUT2D eigenvalue weighted by Gasteiger charge is -2.38. The van der Waals surface area contributed by atoms with Gasteiger partial charge in [-0.15, -0.1) is 11.3 Å². The summed E-state index contributed by atoms with van der Waals surface area (Å²) in [6.45, 7) is 15.5. The van der Waals surface area contributed by atoms with E-state index in [9.17, 15) is 9.59 Å². The van der Waals surface area contributed by atoms with Crippen molar-refractivity contribution in [2.24, 2.45) is 15.8 Å². The molecule has 0 spiro atoms. The molecule has 2 aromatic rings. The maximum atomic E-state index is 13.7. The summed E-state index contributed by atoms with van der Waals surface area (Å²) in [4.78, 5) is 38.5. The second-order valence-electron chi connectivity index (χ2n) is 12.2. The van der Waals surface area contributed by atoms with Gasteiger partial charge in [0.15, 0.2) is 0 Å². The number of nitrogens with zero attached hydrogens (tertiary/aromatic N) is 4. The van der Waals surface area contributed by atoms with Crippen LogP contribution in [0.15, 0.2) is 35.3 Å². The van der Waals surface area contributed by atoms with Crippen LogP contribution in [0.2, 0.25) is 0 Å². The predicted molar refractivity (Wildman–Crippen MR) is 151 cm³/mol. The molecule has 1 aromatic heterocycles. The Morgan fingerprint density at radius 3 is 2.39 bits per heavy atom. The van der Waals surface area contributed by atoms with E-state index in [2.05, 4.69) is 57.5 Å². The number of amides is 1. The first-order chi connectivity index (χ1) is 17.8. The van der Waals surface area contributed by atoms with E-state index in [1.165, 1.54) is 0 Å². The van der Waals surface area contributed by atoms with Gasteiger partial charge in [0, 0.05) is 31.1 Å². The third-order valence-corrected chi connectivity index (χ3v) is 7.60. The fourth-order valence-corrected chi connectivity index (χ4v) is 6.39. The molecular weight excluding hydrogens is 500 g/mol. The molecule has 1 amide bonds. The van der Waals surface area contributed by atoms with Crippen molar-refractivity contribution >= 4 is 40.6 Å². The quantitative estimate of drug-likeness (QED) is 0.393. The second-order valence-corrected chi connectivity index (χ2v) is 13.5. The van der Waals surface area contributed by atoms with Crippen LogP contribution in [-0.4, -0.2) is 61.9 Å². The minimum absolute atomic E-state index is 0.0931. The first kappa shape index (κ1) is 28.1. The third-order valence-electron chi connectivity index (χ3n) is 6.65. The summed E-state index contributed by atoms with van der Waals surface area (Å²) in [5.74, 6) is 0.381. The largest absolute Gasteiger partial charge is 0.428 e. The molecule has 8 nitrogen and oxygen atoms in total. The zero-order valence-corrected chi connectivity index (χ0v) is 24.5. The van der Waals surface area contributed by atoms with E-state index in [4.69, 9.17) is 14.5 Å². The second kappa shape index (κ2) is 11.1. The number of likely N-dealkylation sites (N-methyl/N-ethyl adjacent to an activating group) is 1. The average molecular weight is 541 g/mol. The van der Waals surface area contributed by atoms with E-state index in [1.54, 1.807) is 16.2 Å². The van der Waals surface area contributed by atoms with E-state index in [1.807, 2.05) is 31.2 Å². The molecule has 2 aliphatic rings. The number of esters is 1. The Hall–Kier alpha value is -2.91. The van der Waals surface area contributed by atoms with Crippen LogP contribution >= 0.6 is 11.3 Å². The number of carbonyl (C=O) groups is 2. The van der Waals surface area contributed by atoms with Crippen LogP contribution in [0, 0.1) is 17.8 Å². The van der Waals surface area contributed by atoms with Gasteiger partial charge in [0.25, 0.3) is 0 Å². The van der Waals surface area contributed by atoms with Gasteiger partial charge in [-0.2, -0.15) is 0 Å². The smallest absolute Gasteiger partial charge is 0.423 e. The highest BCUT2D eigenvalue weighted by Gasteiger charge is 2.33. The molecule has 4 rings (SSSR count). The van der Waals surface area contributed by atoms with Crippen LogP contribution in [0.1, 0.15) is 52.3 Å². The predicted octanol–water partition coefficient (Wildman–Crippen LogP) is 4.63. The summed E-state index contributed by atoms with van der Waals surface area (Å²) in [5, 5.41) is 0.908. The number of aryl methyl sites for hydroxylation is 1. The molecule has 0 unspecified atom stereocenters. The molecule has 0 radical (unpaired) electrons. The molecule has 1 saturated heterocycles. The summed E-state index contributed by atoms with van der Waals surface area (Å²) in [6, 6.07) is 9.66. The van der Waals surface area contributed by atoms with Crippen molar-refractivity contribution in [1.29, 1.82) is 0 Å². The van der Waals surface area contributed by atoms with Crippen molar-refractivity contribution in [1.82, 2.24) is 9.80 Å². The minimum atomic E-state index is -0.597. The highest BCUT2D eigenvalue weighted by molar-refractivity contribution is 7.09. The van der Waals surface area contributed by atoms with Crippen LogP contribution in [0.25, 0.3) is 5.82 Å². The van der Waals surface area contributed by atoms with Crippen molar-refractivity contribution in [2.45, 2.75) is 54.4 Å². The van der Waals surface area contributed by atoms with Crippen LogP contribution < -0.4 is 14.8 Å². The summed E-state index contributed by atoms with van der Waals surface area (Å²) in [5.41, 5.74) is 1.21. The summed E-state index contributed by atoms with van der Waals surface area (Å²) >= 11 is 1.61. The Morgan fingerprint density at radius 2 is 1.71 bits per heavy atom. The molecule has 0 bridgehead atoms. The molecule has 2 aliphatic heterocycles. The number of hydrogen-bond acceptors (Lipinski definition) is 8. The number of hydrogen-bond donors (Lipinski definition) is 0. The van der Waals surface area contributed by atoms with Gasteiger partial charge in [-0.25, -0.2) is 14.7 Å². The lowest BCUT2D eigenvalue weighted by atomic mass is 9.74. The molecule has 9 heteroatoms. The van der Waals surface area contributed by atoms with Crippen LogP contribution in [-0.2, 0) is 14.3 Å². The number of rotatable bonds is 6. The molecular formula is C29H40N4O4S. The number of ether oxygens (including phenoxy) is 2. The van der Waals surface area contributed by atoms with Gasteiger partial charge in [0.2, 0.25) is 6.79 Å². The number of thiophene rings is 1. The molecule has 3 heterocycles. The molecule has 0 saturated carbocycles. The Morgan fingerprint density at radius 1 is 1.03 bits per heavy atom. The maximum Gasteiger partial charge on any atom is 0.423 e. The third kappa shape index (κ3) is 6.74. The number of piperazine rings is 1. The summed E-state index contributed by atoms with van der Waals surface area (Å²) in [7, 11) is 2.10. The van der Waals surface area contributed by atoms with Crippen molar-refractivity contribution in [3.63, 3.8) is 0 Å². The Bertz CT molecular complexity index is 1300. The summed E-state index contributed by atoms with van der Waals surface area (Å²) in [6.07, 6.45) is 0.526. The van der Waals surface area contributed by atoms with E-state index < -0.39 is 12.9 Å². The lowest BCUT2D eigenvalue weighted by molar-refractivity contribution is -0.154. The Kier molecular flexibility index (Phi) is 8.18. The molecule has 1 fully saturated rings. The van der Waals surface area contributed by atoms with Crippen molar-refractivity contribution in [2.75, 3.05) is 44.9 Å². The van der Waals surface area contributed by atoms with Crippen molar-refractivity contribution < 1.29 is 19.1 Å². The van der Waals surface area contributed by atoms with E-state index in [0.717, 1.165) is 53.2 Å². The molecule has 38 heavy (non-hydrogen) atoms. The van der Waals surface area contributed by atoms with Gasteiger partial charge >= 0.3 is 12.1 Å². The molecule has 1 aromatic carbocycles. The van der Waals surface area contributed by atoms with E-state index in [0.29, 0.717) is 11.4 Å². The van der Waals surface area contributed by atoms with Gasteiger partial charge in [-0.05, 0) is 49.4 Å². The Balaban J connectivity index is 1.59. The fourth-order valence-electron chi connectivity index (χ4n) is 5.50. The molecule has 0 aliphatic carbocycles. The van der Waals surface area contributed by atoms with Crippen molar-refractivity contribution in [3.8, 4) is 0 Å². The van der Waals surface area contributed by atoms with Crippen LogP contribution in [0.3, 0.4) is 0 Å². The number of fused-ring (bicyclic) bond motifs is 2. The lowest BCUT2D eigenvalue weighted by Crippen LogP contribution is -2.51. The fraction of sp³-hybridized carbons (Fsp3) is 0.552. The zero-order valence-electron chi connectivity index (χ0n) is 23.7. The minimum Gasteiger partial charge on any atom is -0.428 e. The monoisotopic (exact) mass is 540 g/mol. The number of carbonyl (C=O) groups excluding carboxylic acids is 2. The van der Waals surface area contributed by atoms with Gasteiger partial charge in [0.05, 0.1) is 23.0 Å². The highest BCUT2D eigenvalue weighted by atomic mass is 32.1. The van der Waals surface area contributed by atoms with Gasteiger partial charge in [-0.3, -0.25) is 4.79 Å². The molecule has 0 N–H and O–H groups in total. The van der Waals surface area contributed by atoms with Gasteiger partial charge in [-0.1, -0.05) is 46.8 Å². The Labute approximate surface area is 229 Å². The van der Waals surface area contributed by atoms with Crippen molar-refractivity contribution in [3.05, 3.63) is 45.1 Å². The average Bonchev–Trinajstić information content (AvgIpc) is 3.09. The summed E-state index contributed by atoms with van der Waals surface area (Å²) < 4.78 is 11.8. The normalized spacial score (nSPS) is 16.3. The zero-order chi connectivity index (χ0) is 27.7. The number of para-hydroxylation sites is 2. The topological polar surface area (TPSA) is 74.7 Å². The first-order valence-corrected chi connectivity index (χ1v) is 14.0. The molecule has 0 atom stereocenters. The van der Waals surface area contributed by atoms with Crippen LogP contribution in [0.5, 0.6) is 0 Å². The van der Waals surface area contributed by atoms with Gasteiger partial charge < -0.3 is 19.3 Å². The SMILES string of the molecule is Cc1cc2c(s1)=Nc1ccccc1N(C(=O)OCOC(=O)CC(C)(C)CC(C)(C)C)C=2N1CCN(C)CC1. The maximum absolute atomic E-state index is 13.7. The van der Waals surface area contributed by atoms with E-state index >= 15 is 0 Å². The standard InChI is InChI=1S/C29H40N4O4S/c1-20-16-21-25(38-20)30-22-10-8-9-11-23(22)33(26(21)32-14-12-31(7)13-15-32)27(35)37-19-36-24(34)17-29(5,6)18-28(2,3)4/h8-11,16H,12-15,17-19H2,1-7H3. The van der Waals surface area contributed by atoms with Crippen LogP contribution in [0.4, 0.5) is 16.2 Å².